The summed E-state index contributed by atoms with van der Waals surface area (Å²) in [5.41, 5.74) is 0.579. The largest absolute Gasteiger partial charge is 0.351 e. The van der Waals surface area contributed by atoms with Crippen LogP contribution < -0.4 is 5.32 Å². The molecule has 0 saturated carbocycles. The highest BCUT2D eigenvalue weighted by molar-refractivity contribution is 5.92. The summed E-state index contributed by atoms with van der Waals surface area (Å²) in [5, 5.41) is 2.94. The van der Waals surface area contributed by atoms with Crippen molar-refractivity contribution in [2.45, 2.75) is 46.6 Å². The summed E-state index contributed by atoms with van der Waals surface area (Å²) in [4.78, 5) is 13.8. The fourth-order valence-electron chi connectivity index (χ4n) is 1.85. The van der Waals surface area contributed by atoms with Crippen LogP contribution in [0.3, 0.4) is 0 Å². The molecule has 0 spiro atoms. The van der Waals surface area contributed by atoms with Crippen LogP contribution in [0.4, 0.5) is 0 Å². The minimum atomic E-state index is -0.0340. The van der Waals surface area contributed by atoms with Crippen LogP contribution in [-0.2, 0) is 4.79 Å². The summed E-state index contributed by atoms with van der Waals surface area (Å²) in [7, 11) is 0. The molecule has 3 nitrogen and oxygen atoms in total. The molecule has 0 aromatic rings. The van der Waals surface area contributed by atoms with Gasteiger partial charge in [-0.15, -0.1) is 0 Å². The van der Waals surface area contributed by atoms with Crippen molar-refractivity contribution in [3.63, 3.8) is 0 Å². The zero-order chi connectivity index (χ0) is 12.6. The second-order valence-corrected chi connectivity index (χ2v) is 4.15. The van der Waals surface area contributed by atoms with E-state index in [0.717, 1.165) is 32.5 Å². The third-order valence-electron chi connectivity index (χ3n) is 2.84. The Labute approximate surface area is 99.9 Å². The molecule has 0 aliphatic carbocycles. The maximum Gasteiger partial charge on any atom is 0.246 e. The van der Waals surface area contributed by atoms with Gasteiger partial charge < -0.3 is 5.32 Å². The first-order valence-corrected chi connectivity index (χ1v) is 6.24. The smallest absolute Gasteiger partial charge is 0.246 e. The third kappa shape index (κ3) is 5.31. The second kappa shape index (κ2) is 8.34. The van der Waals surface area contributed by atoms with Gasteiger partial charge in [0.15, 0.2) is 0 Å². The number of hydrogen-bond acceptors (Lipinski definition) is 2. The molecular formula is C13H26N2O. The van der Waals surface area contributed by atoms with Crippen molar-refractivity contribution in [2.24, 2.45) is 0 Å². The number of carbonyl (C=O) groups excluding carboxylic acids is 1. The molecule has 0 heterocycles. The lowest BCUT2D eigenvalue weighted by Crippen LogP contribution is -2.43. The average Bonchev–Trinajstić information content (AvgIpc) is 2.26. The van der Waals surface area contributed by atoms with Gasteiger partial charge in [0.2, 0.25) is 5.91 Å². The topological polar surface area (TPSA) is 32.3 Å². The minimum absolute atomic E-state index is 0.0340. The zero-order valence-electron chi connectivity index (χ0n) is 11.2. The molecule has 1 unspecified atom stereocenters. The molecule has 0 radical (unpaired) electrons. The number of carbonyl (C=O) groups is 1. The predicted molar refractivity (Wildman–Crippen MR) is 69.4 cm³/mol. The maximum absolute atomic E-state index is 11.4. The van der Waals surface area contributed by atoms with Gasteiger partial charge in [0.25, 0.3) is 0 Å². The Morgan fingerprint density at radius 1 is 1.31 bits per heavy atom. The van der Waals surface area contributed by atoms with Gasteiger partial charge in [0, 0.05) is 18.2 Å². The summed E-state index contributed by atoms with van der Waals surface area (Å²) >= 11 is 0. The lowest BCUT2D eigenvalue weighted by molar-refractivity contribution is -0.117. The van der Waals surface area contributed by atoms with E-state index >= 15 is 0 Å². The molecule has 94 valence electrons. The van der Waals surface area contributed by atoms with Crippen LogP contribution in [-0.4, -0.2) is 36.5 Å². The maximum atomic E-state index is 11.4. The number of likely N-dealkylation sites (N-methyl/N-ethyl adjacent to an activating group) is 1. The second-order valence-electron chi connectivity index (χ2n) is 4.15. The number of nitrogens with one attached hydrogen (secondary N) is 1. The van der Waals surface area contributed by atoms with Crippen LogP contribution >= 0.6 is 0 Å². The van der Waals surface area contributed by atoms with E-state index in [-0.39, 0.29) is 5.91 Å². The highest BCUT2D eigenvalue weighted by Crippen LogP contribution is 2.06. The van der Waals surface area contributed by atoms with Crippen LogP contribution in [0.5, 0.6) is 0 Å². The van der Waals surface area contributed by atoms with Gasteiger partial charge in [0.1, 0.15) is 0 Å². The van der Waals surface area contributed by atoms with Crippen LogP contribution in [0, 0.1) is 0 Å². The number of rotatable bonds is 8. The van der Waals surface area contributed by atoms with E-state index in [2.05, 4.69) is 37.6 Å². The summed E-state index contributed by atoms with van der Waals surface area (Å²) in [5.74, 6) is -0.0340. The van der Waals surface area contributed by atoms with E-state index in [9.17, 15) is 4.79 Å². The van der Waals surface area contributed by atoms with Gasteiger partial charge >= 0.3 is 0 Å². The Hall–Kier alpha value is -0.830. The van der Waals surface area contributed by atoms with Crippen molar-refractivity contribution in [1.82, 2.24) is 10.2 Å². The first-order valence-electron chi connectivity index (χ1n) is 6.24. The standard InChI is InChI=1S/C13H26N2O/c1-6-9-12(15(7-2)8-3)10-14-13(16)11(4)5/h12H,4,6-10H2,1-3,5H3,(H,14,16). The van der Waals surface area contributed by atoms with Crippen LogP contribution in [0.25, 0.3) is 0 Å². The molecule has 0 aliphatic rings. The number of nitrogens with zero attached hydrogens (tertiary/aromatic N) is 1. The van der Waals surface area contributed by atoms with E-state index in [0.29, 0.717) is 11.6 Å². The highest BCUT2D eigenvalue weighted by Gasteiger charge is 2.15. The Morgan fingerprint density at radius 3 is 2.25 bits per heavy atom. The van der Waals surface area contributed by atoms with E-state index in [4.69, 9.17) is 0 Å². The molecule has 0 aliphatic heterocycles. The molecule has 0 aromatic carbocycles. The van der Waals surface area contributed by atoms with Gasteiger partial charge in [0.05, 0.1) is 0 Å². The highest BCUT2D eigenvalue weighted by atomic mass is 16.1. The number of amides is 1. The third-order valence-corrected chi connectivity index (χ3v) is 2.84. The Balaban J connectivity index is 4.21. The van der Waals surface area contributed by atoms with E-state index in [1.54, 1.807) is 6.92 Å². The molecule has 16 heavy (non-hydrogen) atoms. The summed E-state index contributed by atoms with van der Waals surface area (Å²) in [6.45, 7) is 14.7. The normalized spacial score (nSPS) is 12.6. The van der Waals surface area contributed by atoms with Crippen LogP contribution in [0.15, 0.2) is 12.2 Å². The molecule has 0 fully saturated rings. The number of hydrogen-bond donors (Lipinski definition) is 1. The lowest BCUT2D eigenvalue weighted by atomic mass is 10.1. The van der Waals surface area contributed by atoms with E-state index in [1.807, 2.05) is 0 Å². The van der Waals surface area contributed by atoms with Crippen molar-refractivity contribution < 1.29 is 4.79 Å². The quantitative estimate of drug-likeness (QED) is 0.643. The summed E-state index contributed by atoms with van der Waals surface area (Å²) in [6.07, 6.45) is 2.27. The van der Waals surface area contributed by atoms with Crippen molar-refractivity contribution in [3.05, 3.63) is 12.2 Å². The van der Waals surface area contributed by atoms with Crippen molar-refractivity contribution in [3.8, 4) is 0 Å². The van der Waals surface area contributed by atoms with Crippen molar-refractivity contribution >= 4 is 5.91 Å². The molecule has 3 heteroatoms. The molecule has 0 saturated heterocycles. The molecule has 0 rings (SSSR count). The molecule has 0 bridgehead atoms. The van der Waals surface area contributed by atoms with E-state index in [1.165, 1.54) is 0 Å². The Bertz CT molecular complexity index is 222. The van der Waals surface area contributed by atoms with Crippen molar-refractivity contribution in [2.75, 3.05) is 19.6 Å². The van der Waals surface area contributed by atoms with Gasteiger partial charge in [-0.1, -0.05) is 33.8 Å². The van der Waals surface area contributed by atoms with E-state index < -0.39 is 0 Å². The van der Waals surface area contributed by atoms with Gasteiger partial charge in [-0.2, -0.15) is 0 Å². The Kier molecular flexibility index (Phi) is 7.90. The lowest BCUT2D eigenvalue weighted by Gasteiger charge is -2.29. The SMILES string of the molecule is C=C(C)C(=O)NCC(CCC)N(CC)CC. The molecule has 1 atom stereocenters. The molecule has 1 N–H and O–H groups in total. The van der Waals surface area contributed by atoms with Crippen LogP contribution in [0.1, 0.15) is 40.5 Å². The fraction of sp³-hybridized carbons (Fsp3) is 0.769. The van der Waals surface area contributed by atoms with Crippen molar-refractivity contribution in [1.29, 1.82) is 0 Å². The average molecular weight is 226 g/mol. The minimum Gasteiger partial charge on any atom is -0.351 e. The van der Waals surface area contributed by atoms with Gasteiger partial charge in [-0.05, 0) is 26.4 Å². The summed E-state index contributed by atoms with van der Waals surface area (Å²) in [6, 6.07) is 0.448. The first kappa shape index (κ1) is 15.2. The first-order chi connectivity index (χ1) is 7.56. The molecule has 0 aromatic heterocycles. The van der Waals surface area contributed by atoms with Gasteiger partial charge in [-0.3, -0.25) is 9.69 Å². The predicted octanol–water partition coefficient (Wildman–Crippen LogP) is 2.19. The molecular weight excluding hydrogens is 200 g/mol. The molecule has 1 amide bonds. The van der Waals surface area contributed by atoms with Crippen LogP contribution in [0.2, 0.25) is 0 Å². The summed E-state index contributed by atoms with van der Waals surface area (Å²) < 4.78 is 0. The monoisotopic (exact) mass is 226 g/mol. The Morgan fingerprint density at radius 2 is 1.88 bits per heavy atom. The van der Waals surface area contributed by atoms with Gasteiger partial charge in [-0.25, -0.2) is 0 Å². The fourth-order valence-corrected chi connectivity index (χ4v) is 1.85. The zero-order valence-corrected chi connectivity index (χ0v) is 11.2.